The van der Waals surface area contributed by atoms with Gasteiger partial charge in [-0.05, 0) is 36.5 Å². The first kappa shape index (κ1) is 13.0. The minimum Gasteiger partial charge on any atom is -0.469 e. The minimum absolute atomic E-state index is 0.169. The van der Waals surface area contributed by atoms with E-state index in [1.165, 1.54) is 19.2 Å². The summed E-state index contributed by atoms with van der Waals surface area (Å²) in [5.74, 6) is 0.162. The van der Waals surface area contributed by atoms with Crippen molar-refractivity contribution in [1.82, 2.24) is 5.32 Å². The zero-order chi connectivity index (χ0) is 13.0. The maximum absolute atomic E-state index is 12.8. The molecule has 1 unspecified atom stereocenters. The number of methoxy groups -OCH3 is 1. The van der Waals surface area contributed by atoms with Gasteiger partial charge in [-0.25, -0.2) is 4.39 Å². The fraction of sp³-hybridized carbons (Fsp3) is 0.500. The molecule has 3 nitrogen and oxygen atoms in total. The van der Waals surface area contributed by atoms with E-state index in [2.05, 4.69) is 5.32 Å². The lowest BCUT2D eigenvalue weighted by molar-refractivity contribution is -0.141. The lowest BCUT2D eigenvalue weighted by Gasteiger charge is -2.17. The van der Waals surface area contributed by atoms with E-state index in [1.807, 2.05) is 0 Å². The predicted molar refractivity (Wildman–Crippen MR) is 66.4 cm³/mol. The molecule has 4 heteroatoms. The van der Waals surface area contributed by atoms with Crippen molar-refractivity contribution in [2.24, 2.45) is 5.92 Å². The zero-order valence-corrected chi connectivity index (χ0v) is 10.5. The molecule has 1 aliphatic carbocycles. The molecule has 0 heterocycles. The molecule has 2 rings (SSSR count). The van der Waals surface area contributed by atoms with Crippen LogP contribution in [0.3, 0.4) is 0 Å². The molecule has 0 aliphatic heterocycles. The summed E-state index contributed by atoms with van der Waals surface area (Å²) in [5, 5.41) is 3.36. The molecule has 0 spiro atoms. The summed E-state index contributed by atoms with van der Waals surface area (Å²) in [6.45, 7) is 0.651. The highest BCUT2D eigenvalue weighted by Gasteiger charge is 2.32. The maximum atomic E-state index is 12.8. The summed E-state index contributed by atoms with van der Waals surface area (Å²) >= 11 is 0. The number of benzene rings is 1. The summed E-state index contributed by atoms with van der Waals surface area (Å²) in [6, 6.07) is 6.57. The van der Waals surface area contributed by atoms with Crippen molar-refractivity contribution < 1.29 is 13.9 Å². The predicted octanol–water partition coefficient (Wildman–Crippen LogP) is 2.26. The summed E-state index contributed by atoms with van der Waals surface area (Å²) in [4.78, 5) is 11.3. The van der Waals surface area contributed by atoms with E-state index >= 15 is 0 Å². The van der Waals surface area contributed by atoms with Crippen LogP contribution in [0, 0.1) is 11.7 Å². The standard InChI is InChI=1S/C14H18FNO2/c1-18-14(17)8-13(11-4-5-11)16-9-10-2-6-12(15)7-3-10/h2-3,6-7,11,13,16H,4-5,8-9H2,1H3. The molecule has 1 saturated carbocycles. The number of hydrogen-bond donors (Lipinski definition) is 1. The molecule has 0 saturated heterocycles. The van der Waals surface area contributed by atoms with E-state index in [9.17, 15) is 9.18 Å². The molecule has 98 valence electrons. The van der Waals surface area contributed by atoms with Crippen LogP contribution in [0.2, 0.25) is 0 Å². The monoisotopic (exact) mass is 251 g/mol. The Morgan fingerprint density at radius 2 is 2.11 bits per heavy atom. The van der Waals surface area contributed by atoms with Gasteiger partial charge in [-0.2, -0.15) is 0 Å². The third kappa shape index (κ3) is 3.81. The maximum Gasteiger partial charge on any atom is 0.307 e. The Kier molecular flexibility index (Phi) is 4.31. The van der Waals surface area contributed by atoms with Crippen LogP contribution in [-0.4, -0.2) is 19.1 Å². The summed E-state index contributed by atoms with van der Waals surface area (Å²) < 4.78 is 17.5. The zero-order valence-electron chi connectivity index (χ0n) is 10.5. The molecular formula is C14H18FNO2. The quantitative estimate of drug-likeness (QED) is 0.788. The van der Waals surface area contributed by atoms with Crippen LogP contribution < -0.4 is 5.32 Å². The lowest BCUT2D eigenvalue weighted by Crippen LogP contribution is -2.33. The van der Waals surface area contributed by atoms with Gasteiger partial charge in [-0.1, -0.05) is 12.1 Å². The molecule has 1 aromatic carbocycles. The largest absolute Gasteiger partial charge is 0.469 e. The minimum atomic E-state index is -0.230. The molecule has 1 fully saturated rings. The van der Waals surface area contributed by atoms with Crippen molar-refractivity contribution in [3.05, 3.63) is 35.6 Å². The van der Waals surface area contributed by atoms with Gasteiger partial charge in [-0.3, -0.25) is 4.79 Å². The van der Waals surface area contributed by atoms with Gasteiger partial charge in [0, 0.05) is 12.6 Å². The number of halogens is 1. The van der Waals surface area contributed by atoms with Crippen LogP contribution in [0.4, 0.5) is 4.39 Å². The van der Waals surface area contributed by atoms with Crippen LogP contribution in [0.15, 0.2) is 24.3 Å². The number of carbonyl (C=O) groups is 1. The van der Waals surface area contributed by atoms with Gasteiger partial charge >= 0.3 is 5.97 Å². The Hall–Kier alpha value is -1.42. The van der Waals surface area contributed by atoms with Gasteiger partial charge in [0.1, 0.15) is 5.82 Å². The van der Waals surface area contributed by atoms with Gasteiger partial charge in [0.25, 0.3) is 0 Å². The average molecular weight is 251 g/mol. The van der Waals surface area contributed by atoms with Crippen molar-refractivity contribution in [2.75, 3.05) is 7.11 Å². The smallest absolute Gasteiger partial charge is 0.307 e. The average Bonchev–Trinajstić information content (AvgIpc) is 3.20. The molecule has 0 amide bonds. The third-order valence-electron chi connectivity index (χ3n) is 3.29. The molecule has 1 N–H and O–H groups in total. The number of rotatable bonds is 6. The highest BCUT2D eigenvalue weighted by molar-refractivity contribution is 5.70. The molecule has 1 aliphatic rings. The van der Waals surface area contributed by atoms with Gasteiger partial charge in [-0.15, -0.1) is 0 Å². The summed E-state index contributed by atoms with van der Waals surface area (Å²) in [6.07, 6.45) is 2.73. The van der Waals surface area contributed by atoms with Crippen LogP contribution in [-0.2, 0) is 16.1 Å². The molecular weight excluding hydrogens is 233 g/mol. The first-order valence-corrected chi connectivity index (χ1v) is 6.23. The highest BCUT2D eigenvalue weighted by Crippen LogP contribution is 2.34. The Bertz CT molecular complexity index is 401. The second-order valence-electron chi connectivity index (χ2n) is 4.73. The van der Waals surface area contributed by atoms with E-state index in [4.69, 9.17) is 4.74 Å². The van der Waals surface area contributed by atoms with Gasteiger partial charge in [0.15, 0.2) is 0 Å². The van der Waals surface area contributed by atoms with Gasteiger partial charge in [0.05, 0.1) is 13.5 Å². The van der Waals surface area contributed by atoms with Crippen molar-refractivity contribution >= 4 is 5.97 Å². The van der Waals surface area contributed by atoms with Crippen molar-refractivity contribution in [3.8, 4) is 0 Å². The van der Waals surface area contributed by atoms with E-state index < -0.39 is 0 Å². The number of nitrogens with one attached hydrogen (secondary N) is 1. The van der Waals surface area contributed by atoms with E-state index in [1.54, 1.807) is 12.1 Å². The molecule has 0 bridgehead atoms. The number of hydrogen-bond acceptors (Lipinski definition) is 3. The van der Waals surface area contributed by atoms with Crippen LogP contribution in [0.25, 0.3) is 0 Å². The first-order chi connectivity index (χ1) is 8.69. The molecule has 0 aromatic heterocycles. The van der Waals surface area contributed by atoms with Crippen LogP contribution >= 0.6 is 0 Å². The summed E-state index contributed by atoms with van der Waals surface area (Å²) in [5.41, 5.74) is 1.02. The molecule has 0 radical (unpaired) electrons. The van der Waals surface area contributed by atoms with E-state index in [-0.39, 0.29) is 17.8 Å². The Labute approximate surface area is 106 Å². The van der Waals surface area contributed by atoms with Gasteiger partial charge in [0.2, 0.25) is 0 Å². The fourth-order valence-electron chi connectivity index (χ4n) is 2.02. The van der Waals surface area contributed by atoms with Crippen LogP contribution in [0.5, 0.6) is 0 Å². The lowest BCUT2D eigenvalue weighted by atomic mass is 10.1. The fourth-order valence-corrected chi connectivity index (χ4v) is 2.02. The van der Waals surface area contributed by atoms with E-state index in [0.29, 0.717) is 18.9 Å². The number of carbonyl (C=O) groups excluding carboxylic acids is 1. The number of ether oxygens (including phenoxy) is 1. The topological polar surface area (TPSA) is 38.3 Å². The highest BCUT2D eigenvalue weighted by atomic mass is 19.1. The van der Waals surface area contributed by atoms with Crippen molar-refractivity contribution in [2.45, 2.75) is 31.8 Å². The molecule has 18 heavy (non-hydrogen) atoms. The normalized spacial score (nSPS) is 16.3. The van der Waals surface area contributed by atoms with Crippen molar-refractivity contribution in [3.63, 3.8) is 0 Å². The summed E-state index contributed by atoms with van der Waals surface area (Å²) in [7, 11) is 1.41. The second-order valence-corrected chi connectivity index (χ2v) is 4.73. The van der Waals surface area contributed by atoms with Crippen molar-refractivity contribution in [1.29, 1.82) is 0 Å². The molecule has 1 atom stereocenters. The molecule has 1 aromatic rings. The first-order valence-electron chi connectivity index (χ1n) is 6.23. The Morgan fingerprint density at radius 3 is 2.67 bits per heavy atom. The van der Waals surface area contributed by atoms with E-state index in [0.717, 1.165) is 18.4 Å². The number of esters is 1. The SMILES string of the molecule is COC(=O)CC(NCc1ccc(F)cc1)C1CC1. The Balaban J connectivity index is 1.85. The van der Waals surface area contributed by atoms with Gasteiger partial charge < -0.3 is 10.1 Å². The third-order valence-corrected chi connectivity index (χ3v) is 3.29. The van der Waals surface area contributed by atoms with Crippen LogP contribution in [0.1, 0.15) is 24.8 Å². The second kappa shape index (κ2) is 5.96. The Morgan fingerprint density at radius 1 is 1.44 bits per heavy atom.